The minimum Gasteiger partial charge on any atom is -0.454 e. The Morgan fingerprint density at radius 2 is 1.87 bits per heavy atom. The topological polar surface area (TPSA) is 72.8 Å². The van der Waals surface area contributed by atoms with Gasteiger partial charge < -0.3 is 14.8 Å². The molecule has 3 aromatic rings. The number of fused-ring (bicyclic) bond motifs is 2. The summed E-state index contributed by atoms with van der Waals surface area (Å²) in [7, 11) is 0. The van der Waals surface area contributed by atoms with E-state index < -0.39 is 5.41 Å². The van der Waals surface area contributed by atoms with Crippen LogP contribution in [0.4, 0.5) is 11.5 Å². The number of hydrogen-bond acceptors (Lipinski definition) is 5. The fourth-order valence-electron chi connectivity index (χ4n) is 4.14. The minimum atomic E-state index is -0.513. The SMILES string of the molecule is O=C(Nc1ccc(-c2ccc3c(c2)CC=N3)cn1)C1(c2ccc3c(c2)OCO3)CC1.[HH]. The van der Waals surface area contributed by atoms with Crippen molar-refractivity contribution in [3.8, 4) is 22.6 Å². The fourth-order valence-corrected chi connectivity index (χ4v) is 4.14. The summed E-state index contributed by atoms with van der Waals surface area (Å²) in [4.78, 5) is 21.9. The van der Waals surface area contributed by atoms with Crippen molar-refractivity contribution >= 4 is 23.6 Å². The van der Waals surface area contributed by atoms with Crippen LogP contribution in [0.2, 0.25) is 0 Å². The molecular formula is C24H21N3O3. The van der Waals surface area contributed by atoms with Crippen LogP contribution in [0.15, 0.2) is 59.7 Å². The van der Waals surface area contributed by atoms with E-state index in [1.165, 1.54) is 5.56 Å². The second kappa shape index (κ2) is 6.42. The Morgan fingerprint density at radius 1 is 1.00 bits per heavy atom. The normalized spacial score (nSPS) is 16.9. The van der Waals surface area contributed by atoms with Crippen LogP contribution in [0.25, 0.3) is 11.1 Å². The zero-order chi connectivity index (χ0) is 20.1. The zero-order valence-corrected chi connectivity index (χ0v) is 16.2. The average molecular weight is 399 g/mol. The van der Waals surface area contributed by atoms with Gasteiger partial charge in [0, 0.05) is 25.8 Å². The van der Waals surface area contributed by atoms with Crippen LogP contribution in [0, 0.1) is 0 Å². The summed E-state index contributed by atoms with van der Waals surface area (Å²) < 4.78 is 10.8. The molecule has 0 spiro atoms. The molecule has 150 valence electrons. The third-order valence-corrected chi connectivity index (χ3v) is 6.07. The number of ether oxygens (including phenoxy) is 2. The van der Waals surface area contributed by atoms with Crippen molar-refractivity contribution in [2.75, 3.05) is 12.1 Å². The van der Waals surface area contributed by atoms with Gasteiger partial charge in [-0.25, -0.2) is 4.98 Å². The lowest BCUT2D eigenvalue weighted by atomic mass is 9.94. The number of nitrogens with one attached hydrogen (secondary N) is 1. The van der Waals surface area contributed by atoms with Crippen LogP contribution in [-0.2, 0) is 16.6 Å². The van der Waals surface area contributed by atoms with Crippen molar-refractivity contribution in [3.63, 3.8) is 0 Å². The molecule has 1 saturated carbocycles. The van der Waals surface area contributed by atoms with E-state index in [1.54, 1.807) is 6.20 Å². The quantitative estimate of drug-likeness (QED) is 0.693. The maximum atomic E-state index is 13.0. The number of aliphatic imine (C=N–C) groups is 1. The van der Waals surface area contributed by atoms with Gasteiger partial charge in [0.1, 0.15) is 5.82 Å². The van der Waals surface area contributed by atoms with E-state index >= 15 is 0 Å². The molecule has 1 amide bonds. The minimum absolute atomic E-state index is 0. The van der Waals surface area contributed by atoms with Gasteiger partial charge >= 0.3 is 0 Å². The summed E-state index contributed by atoms with van der Waals surface area (Å²) in [6, 6.07) is 15.8. The first kappa shape index (κ1) is 17.2. The molecule has 2 aliphatic heterocycles. The smallest absolute Gasteiger partial charge is 0.236 e. The molecule has 1 aromatic heterocycles. The standard InChI is InChI=1S/C24H19N3O3.H2/c28-23(24(8-9-24)18-3-5-20-21(12-18)30-14-29-20)27-22-6-2-17(13-26-22)15-1-4-19-16(11-15)7-10-25-19;/h1-6,10-13H,7-9,14H2,(H,26,27,28);1H. The van der Waals surface area contributed by atoms with Crippen molar-refractivity contribution in [3.05, 3.63) is 65.9 Å². The second-order valence-corrected chi connectivity index (χ2v) is 7.90. The molecule has 3 heterocycles. The van der Waals surface area contributed by atoms with Crippen molar-refractivity contribution < 1.29 is 15.7 Å². The highest BCUT2D eigenvalue weighted by atomic mass is 16.7. The van der Waals surface area contributed by atoms with Crippen LogP contribution >= 0.6 is 0 Å². The molecule has 0 saturated heterocycles. The molecule has 0 radical (unpaired) electrons. The monoisotopic (exact) mass is 399 g/mol. The van der Waals surface area contributed by atoms with E-state index in [1.807, 2.05) is 42.6 Å². The van der Waals surface area contributed by atoms with Gasteiger partial charge in [0.2, 0.25) is 12.7 Å². The third kappa shape index (κ3) is 2.76. The Bertz CT molecular complexity index is 1200. The number of carbonyl (C=O) groups excluding carboxylic acids is 1. The van der Waals surface area contributed by atoms with Crippen LogP contribution < -0.4 is 14.8 Å². The van der Waals surface area contributed by atoms with Crippen molar-refractivity contribution in [2.24, 2.45) is 4.99 Å². The molecule has 6 nitrogen and oxygen atoms in total. The Kier molecular flexibility index (Phi) is 3.68. The highest BCUT2D eigenvalue weighted by molar-refractivity contribution is 6.01. The van der Waals surface area contributed by atoms with E-state index in [-0.39, 0.29) is 14.1 Å². The first-order valence-corrected chi connectivity index (χ1v) is 10.0. The molecule has 1 N–H and O–H groups in total. The molecule has 3 aliphatic rings. The number of nitrogens with zero attached hydrogens (tertiary/aromatic N) is 2. The van der Waals surface area contributed by atoms with E-state index in [2.05, 4.69) is 27.4 Å². The molecular weight excluding hydrogens is 378 g/mol. The van der Waals surface area contributed by atoms with Crippen LogP contribution in [0.3, 0.4) is 0 Å². The Balaban J connectivity index is 0.00000204. The van der Waals surface area contributed by atoms with Crippen molar-refractivity contribution in [1.82, 2.24) is 4.98 Å². The lowest BCUT2D eigenvalue weighted by molar-refractivity contribution is -0.118. The molecule has 6 rings (SSSR count). The molecule has 30 heavy (non-hydrogen) atoms. The van der Waals surface area contributed by atoms with Crippen LogP contribution in [-0.4, -0.2) is 23.9 Å². The summed E-state index contributed by atoms with van der Waals surface area (Å²) in [5.41, 5.74) is 4.82. The number of pyridine rings is 1. The Morgan fingerprint density at radius 3 is 2.70 bits per heavy atom. The molecule has 0 bridgehead atoms. The van der Waals surface area contributed by atoms with E-state index in [0.717, 1.165) is 47.4 Å². The Hall–Kier alpha value is -3.67. The number of carbonyl (C=O) groups is 1. The predicted molar refractivity (Wildman–Crippen MR) is 116 cm³/mol. The number of hydrogen-bond donors (Lipinski definition) is 1. The van der Waals surface area contributed by atoms with E-state index in [0.29, 0.717) is 11.6 Å². The van der Waals surface area contributed by atoms with Crippen molar-refractivity contribution in [2.45, 2.75) is 24.7 Å². The fraction of sp³-hybridized carbons (Fsp3) is 0.208. The summed E-state index contributed by atoms with van der Waals surface area (Å²) in [5, 5.41) is 2.99. The highest BCUT2D eigenvalue weighted by Crippen LogP contribution is 2.51. The van der Waals surface area contributed by atoms with E-state index in [4.69, 9.17) is 9.47 Å². The van der Waals surface area contributed by atoms with Gasteiger partial charge in [0.15, 0.2) is 11.5 Å². The predicted octanol–water partition coefficient (Wildman–Crippen LogP) is 4.65. The number of benzene rings is 2. The zero-order valence-electron chi connectivity index (χ0n) is 16.2. The average Bonchev–Trinajstić information content (AvgIpc) is 3.23. The lowest BCUT2D eigenvalue weighted by Gasteiger charge is -2.16. The largest absolute Gasteiger partial charge is 0.454 e. The van der Waals surface area contributed by atoms with Gasteiger partial charge in [0.05, 0.1) is 11.1 Å². The van der Waals surface area contributed by atoms with Gasteiger partial charge in [-0.1, -0.05) is 12.1 Å². The summed E-state index contributed by atoms with van der Waals surface area (Å²) in [6.07, 6.45) is 6.22. The molecule has 2 aromatic carbocycles. The first-order valence-electron chi connectivity index (χ1n) is 10.0. The summed E-state index contributed by atoms with van der Waals surface area (Å²) >= 11 is 0. The van der Waals surface area contributed by atoms with Gasteiger partial charge in [-0.15, -0.1) is 0 Å². The maximum absolute atomic E-state index is 13.0. The third-order valence-electron chi connectivity index (χ3n) is 6.07. The molecule has 0 unspecified atom stereocenters. The van der Waals surface area contributed by atoms with Crippen LogP contribution in [0.5, 0.6) is 11.5 Å². The second-order valence-electron chi connectivity index (χ2n) is 7.90. The molecule has 1 aliphatic carbocycles. The van der Waals surface area contributed by atoms with Crippen molar-refractivity contribution in [1.29, 1.82) is 0 Å². The summed E-state index contributed by atoms with van der Waals surface area (Å²) in [5.74, 6) is 1.95. The Labute approximate surface area is 175 Å². The maximum Gasteiger partial charge on any atom is 0.236 e. The van der Waals surface area contributed by atoms with Gasteiger partial charge in [-0.2, -0.15) is 0 Å². The summed E-state index contributed by atoms with van der Waals surface area (Å²) in [6.45, 7) is 0.228. The molecule has 1 fully saturated rings. The number of anilines is 1. The number of amides is 1. The van der Waals surface area contributed by atoms with Crippen LogP contribution in [0.1, 0.15) is 25.4 Å². The molecule has 0 atom stereocenters. The van der Waals surface area contributed by atoms with Gasteiger partial charge in [-0.3, -0.25) is 9.79 Å². The van der Waals surface area contributed by atoms with Gasteiger partial charge in [-0.05, 0) is 65.9 Å². The lowest BCUT2D eigenvalue weighted by Crippen LogP contribution is -2.28. The number of rotatable bonds is 4. The van der Waals surface area contributed by atoms with Gasteiger partial charge in [0.25, 0.3) is 0 Å². The van der Waals surface area contributed by atoms with E-state index in [9.17, 15) is 4.79 Å². The highest BCUT2D eigenvalue weighted by Gasteiger charge is 2.51. The number of aromatic nitrogens is 1. The molecule has 6 heteroatoms. The first-order chi connectivity index (χ1) is 14.7.